The van der Waals surface area contributed by atoms with Crippen LogP contribution in [0.15, 0.2) is 18.2 Å². The Morgan fingerprint density at radius 2 is 1.93 bits per heavy atom. The SMILES string of the molecule is CCOC(=O)c1c(NC(=S)NC(=O)c2ccc(F)c(F)c2)sc2c1CCCCC2. The molecule has 1 aliphatic rings. The molecule has 0 bridgehead atoms. The van der Waals surface area contributed by atoms with E-state index in [1.165, 1.54) is 11.3 Å². The lowest BCUT2D eigenvalue weighted by Gasteiger charge is -2.11. The number of carbonyl (C=O) groups is 2. The molecule has 0 saturated heterocycles. The van der Waals surface area contributed by atoms with E-state index in [1.807, 2.05) is 0 Å². The van der Waals surface area contributed by atoms with Crippen molar-refractivity contribution in [3.8, 4) is 0 Å². The quantitative estimate of drug-likeness (QED) is 0.415. The molecule has 154 valence electrons. The summed E-state index contributed by atoms with van der Waals surface area (Å²) in [4.78, 5) is 25.9. The van der Waals surface area contributed by atoms with Crippen LogP contribution in [0.25, 0.3) is 0 Å². The number of ether oxygens (including phenoxy) is 1. The first kappa shape index (κ1) is 21.3. The van der Waals surface area contributed by atoms with Gasteiger partial charge in [-0.2, -0.15) is 0 Å². The van der Waals surface area contributed by atoms with E-state index in [-0.39, 0.29) is 17.3 Å². The highest BCUT2D eigenvalue weighted by Gasteiger charge is 2.26. The van der Waals surface area contributed by atoms with Gasteiger partial charge in [-0.05, 0) is 68.6 Å². The van der Waals surface area contributed by atoms with Crippen molar-refractivity contribution in [1.29, 1.82) is 0 Å². The summed E-state index contributed by atoms with van der Waals surface area (Å²) in [5, 5.41) is 5.81. The van der Waals surface area contributed by atoms with Gasteiger partial charge in [0.1, 0.15) is 5.00 Å². The molecule has 9 heteroatoms. The molecule has 1 aliphatic carbocycles. The van der Waals surface area contributed by atoms with Crippen LogP contribution >= 0.6 is 23.6 Å². The van der Waals surface area contributed by atoms with Crippen LogP contribution < -0.4 is 10.6 Å². The van der Waals surface area contributed by atoms with E-state index in [1.54, 1.807) is 6.92 Å². The second-order valence-corrected chi connectivity index (χ2v) is 8.04. The number of benzene rings is 1. The van der Waals surface area contributed by atoms with Crippen LogP contribution in [0, 0.1) is 11.6 Å². The van der Waals surface area contributed by atoms with Crippen molar-refractivity contribution in [3.63, 3.8) is 0 Å². The zero-order chi connectivity index (χ0) is 21.0. The largest absolute Gasteiger partial charge is 0.462 e. The molecular weight excluding hydrogens is 418 g/mol. The van der Waals surface area contributed by atoms with E-state index in [9.17, 15) is 18.4 Å². The summed E-state index contributed by atoms with van der Waals surface area (Å²) in [7, 11) is 0. The van der Waals surface area contributed by atoms with Gasteiger partial charge in [0.2, 0.25) is 0 Å². The zero-order valence-corrected chi connectivity index (χ0v) is 17.4. The highest BCUT2D eigenvalue weighted by atomic mass is 32.1. The van der Waals surface area contributed by atoms with Gasteiger partial charge in [-0.1, -0.05) is 6.42 Å². The number of halogens is 2. The molecule has 29 heavy (non-hydrogen) atoms. The van der Waals surface area contributed by atoms with Gasteiger partial charge in [-0.3, -0.25) is 10.1 Å². The Kier molecular flexibility index (Phi) is 6.92. The molecule has 2 aromatic rings. The van der Waals surface area contributed by atoms with E-state index in [0.717, 1.165) is 60.7 Å². The van der Waals surface area contributed by atoms with Crippen molar-refractivity contribution in [3.05, 3.63) is 51.4 Å². The number of esters is 1. The van der Waals surface area contributed by atoms with Crippen LogP contribution in [0.4, 0.5) is 13.8 Å². The number of rotatable bonds is 4. The molecule has 3 rings (SSSR count). The Labute approximate surface area is 176 Å². The molecule has 0 aliphatic heterocycles. The number of carbonyl (C=O) groups excluding carboxylic acids is 2. The topological polar surface area (TPSA) is 67.4 Å². The average Bonchev–Trinajstić information content (AvgIpc) is 2.84. The van der Waals surface area contributed by atoms with Crippen LogP contribution in [0.1, 0.15) is 57.3 Å². The van der Waals surface area contributed by atoms with Crippen LogP contribution in [-0.4, -0.2) is 23.6 Å². The minimum absolute atomic E-state index is 0.0401. The maximum atomic E-state index is 13.3. The standard InChI is InChI=1S/C20H20F2N2O3S2/c1-2-27-19(26)16-12-6-4-3-5-7-15(12)29-18(16)24-20(28)23-17(25)11-8-9-13(21)14(22)10-11/h8-10H,2-7H2,1H3,(H2,23,24,25,28). The molecule has 5 nitrogen and oxygen atoms in total. The Bertz CT molecular complexity index is 959. The number of nitrogens with one attached hydrogen (secondary N) is 2. The maximum Gasteiger partial charge on any atom is 0.341 e. The third-order valence-electron chi connectivity index (χ3n) is 4.54. The highest BCUT2D eigenvalue weighted by molar-refractivity contribution is 7.80. The van der Waals surface area contributed by atoms with Crippen molar-refractivity contribution < 1.29 is 23.1 Å². The van der Waals surface area contributed by atoms with Crippen LogP contribution in [0.5, 0.6) is 0 Å². The minimum atomic E-state index is -1.12. The van der Waals surface area contributed by atoms with Crippen LogP contribution in [-0.2, 0) is 17.6 Å². The summed E-state index contributed by atoms with van der Waals surface area (Å²) in [6.07, 6.45) is 4.81. The Hall–Kier alpha value is -2.39. The van der Waals surface area contributed by atoms with Crippen molar-refractivity contribution in [2.45, 2.75) is 39.0 Å². The van der Waals surface area contributed by atoms with Crippen molar-refractivity contribution in [1.82, 2.24) is 5.32 Å². The van der Waals surface area contributed by atoms with Gasteiger partial charge >= 0.3 is 5.97 Å². The fourth-order valence-electron chi connectivity index (χ4n) is 3.20. The van der Waals surface area contributed by atoms with Crippen molar-refractivity contribution in [2.75, 3.05) is 11.9 Å². The number of hydrogen-bond acceptors (Lipinski definition) is 5. The monoisotopic (exact) mass is 438 g/mol. The molecule has 0 fully saturated rings. The molecule has 1 aromatic carbocycles. The first-order chi connectivity index (χ1) is 13.9. The third kappa shape index (κ3) is 4.97. The summed E-state index contributed by atoms with van der Waals surface area (Å²) in [5.41, 5.74) is 1.36. The lowest BCUT2D eigenvalue weighted by Crippen LogP contribution is -2.34. The van der Waals surface area contributed by atoms with E-state index < -0.39 is 23.5 Å². The van der Waals surface area contributed by atoms with Gasteiger partial charge in [-0.25, -0.2) is 13.6 Å². The van der Waals surface area contributed by atoms with Crippen LogP contribution in [0.2, 0.25) is 0 Å². The molecule has 1 heterocycles. The fourth-order valence-corrected chi connectivity index (χ4v) is 4.74. The summed E-state index contributed by atoms with van der Waals surface area (Å²) in [5.74, 6) is -3.27. The average molecular weight is 439 g/mol. The molecule has 0 atom stereocenters. The first-order valence-electron chi connectivity index (χ1n) is 9.29. The van der Waals surface area contributed by atoms with Gasteiger partial charge in [0.15, 0.2) is 16.7 Å². The zero-order valence-electron chi connectivity index (χ0n) is 15.8. The molecule has 0 unspecified atom stereocenters. The number of thiocarbonyl (C=S) groups is 1. The minimum Gasteiger partial charge on any atom is -0.462 e. The first-order valence-corrected chi connectivity index (χ1v) is 10.5. The van der Waals surface area contributed by atoms with Gasteiger partial charge < -0.3 is 10.1 Å². The summed E-state index contributed by atoms with van der Waals surface area (Å²) >= 11 is 6.62. The lowest BCUT2D eigenvalue weighted by atomic mass is 10.1. The number of fused-ring (bicyclic) bond motifs is 1. The second kappa shape index (κ2) is 9.41. The predicted octanol–water partition coefficient (Wildman–Crippen LogP) is 4.60. The van der Waals surface area contributed by atoms with Gasteiger partial charge in [0, 0.05) is 10.4 Å². The Balaban J connectivity index is 1.79. The number of thiophene rings is 1. The number of amides is 1. The highest BCUT2D eigenvalue weighted by Crippen LogP contribution is 2.38. The molecule has 1 amide bonds. The third-order valence-corrected chi connectivity index (χ3v) is 5.95. The number of hydrogen-bond donors (Lipinski definition) is 2. The van der Waals surface area contributed by atoms with Gasteiger partial charge in [0.25, 0.3) is 5.91 Å². The summed E-state index contributed by atoms with van der Waals surface area (Å²) in [6, 6.07) is 2.83. The molecular formula is C20H20F2N2O3S2. The van der Waals surface area contributed by atoms with Crippen LogP contribution in [0.3, 0.4) is 0 Å². The Morgan fingerprint density at radius 1 is 1.17 bits per heavy atom. The predicted molar refractivity (Wildman–Crippen MR) is 112 cm³/mol. The van der Waals surface area contributed by atoms with E-state index >= 15 is 0 Å². The molecule has 1 aromatic heterocycles. The lowest BCUT2D eigenvalue weighted by molar-refractivity contribution is 0.0526. The summed E-state index contributed by atoms with van der Waals surface area (Å²) < 4.78 is 31.6. The fraction of sp³-hybridized carbons (Fsp3) is 0.350. The Morgan fingerprint density at radius 3 is 2.66 bits per heavy atom. The van der Waals surface area contributed by atoms with E-state index in [2.05, 4.69) is 10.6 Å². The summed E-state index contributed by atoms with van der Waals surface area (Å²) in [6.45, 7) is 1.99. The molecule has 0 spiro atoms. The molecule has 0 saturated carbocycles. The molecule has 0 radical (unpaired) electrons. The number of aryl methyl sites for hydroxylation is 1. The van der Waals surface area contributed by atoms with E-state index in [4.69, 9.17) is 17.0 Å². The van der Waals surface area contributed by atoms with Crippen molar-refractivity contribution >= 4 is 45.5 Å². The van der Waals surface area contributed by atoms with Gasteiger partial charge in [-0.15, -0.1) is 11.3 Å². The van der Waals surface area contributed by atoms with E-state index in [0.29, 0.717) is 10.6 Å². The molecule has 2 N–H and O–H groups in total. The van der Waals surface area contributed by atoms with Gasteiger partial charge in [0.05, 0.1) is 12.2 Å². The maximum absolute atomic E-state index is 13.3. The second-order valence-electron chi connectivity index (χ2n) is 6.53. The normalized spacial score (nSPS) is 13.2. The van der Waals surface area contributed by atoms with Crippen molar-refractivity contribution in [2.24, 2.45) is 0 Å². The smallest absolute Gasteiger partial charge is 0.341 e. The number of anilines is 1.